The maximum atomic E-state index is 5.22. The summed E-state index contributed by atoms with van der Waals surface area (Å²) in [5.74, 6) is 0.679. The highest BCUT2D eigenvalue weighted by Crippen LogP contribution is 2.20. The monoisotopic (exact) mass is 268 g/mol. The van der Waals surface area contributed by atoms with Gasteiger partial charge >= 0.3 is 0 Å². The molecule has 3 rings (SSSR count). The maximum absolute atomic E-state index is 5.22. The summed E-state index contributed by atoms with van der Waals surface area (Å²) >= 11 is 0. The molecule has 0 fully saturated rings. The molecule has 3 aromatic rings. The van der Waals surface area contributed by atoms with Gasteiger partial charge in [0.25, 0.3) is 0 Å². The number of nitrogens with one attached hydrogen (secondary N) is 1. The van der Waals surface area contributed by atoms with Gasteiger partial charge in [0.2, 0.25) is 0 Å². The van der Waals surface area contributed by atoms with Crippen LogP contribution in [0.3, 0.4) is 0 Å². The van der Waals surface area contributed by atoms with Crippen molar-refractivity contribution in [1.29, 1.82) is 0 Å². The molecule has 0 aliphatic heterocycles. The summed E-state index contributed by atoms with van der Waals surface area (Å²) in [5, 5.41) is 7.51. The number of oxazole rings is 1. The number of benzene rings is 1. The molecule has 0 saturated heterocycles. The van der Waals surface area contributed by atoms with Crippen molar-refractivity contribution in [3.63, 3.8) is 0 Å². The van der Waals surface area contributed by atoms with E-state index in [4.69, 9.17) is 4.42 Å². The van der Waals surface area contributed by atoms with Gasteiger partial charge < -0.3 is 9.73 Å². The quantitative estimate of drug-likeness (QED) is 0.790. The van der Waals surface area contributed by atoms with Gasteiger partial charge in [-0.3, -0.25) is 4.68 Å². The summed E-state index contributed by atoms with van der Waals surface area (Å²) in [7, 11) is 1.94. The van der Waals surface area contributed by atoms with Gasteiger partial charge in [0.1, 0.15) is 12.0 Å². The van der Waals surface area contributed by atoms with Crippen molar-refractivity contribution in [2.24, 2.45) is 7.05 Å². The van der Waals surface area contributed by atoms with Crippen LogP contribution in [-0.2, 0) is 13.6 Å². The summed E-state index contributed by atoms with van der Waals surface area (Å²) in [4.78, 5) is 4.31. The number of hydrogen-bond acceptors (Lipinski definition) is 4. The lowest BCUT2D eigenvalue weighted by atomic mass is 10.1. The SMILES string of the molecule is Cc1nc(-c2ccc(NCc3ccnn3C)cc2)co1. The number of rotatable bonds is 4. The van der Waals surface area contributed by atoms with E-state index in [2.05, 4.69) is 15.4 Å². The van der Waals surface area contributed by atoms with Crippen LogP contribution in [0.15, 0.2) is 47.2 Å². The zero-order valence-electron chi connectivity index (χ0n) is 11.5. The Bertz CT molecular complexity index is 697. The Morgan fingerprint density at radius 1 is 1.20 bits per heavy atom. The Hall–Kier alpha value is -2.56. The summed E-state index contributed by atoms with van der Waals surface area (Å²) in [6.07, 6.45) is 3.47. The van der Waals surface area contributed by atoms with Crippen molar-refractivity contribution in [2.45, 2.75) is 13.5 Å². The largest absolute Gasteiger partial charge is 0.449 e. The lowest BCUT2D eigenvalue weighted by Crippen LogP contribution is -2.05. The van der Waals surface area contributed by atoms with Crippen LogP contribution in [0.5, 0.6) is 0 Å². The summed E-state index contributed by atoms with van der Waals surface area (Å²) in [5.41, 5.74) is 4.12. The Labute approximate surface area is 117 Å². The van der Waals surface area contributed by atoms with Crippen LogP contribution in [0, 0.1) is 6.92 Å². The first kappa shape index (κ1) is 12.5. The van der Waals surface area contributed by atoms with Gasteiger partial charge in [0, 0.05) is 31.4 Å². The Kier molecular flexibility index (Phi) is 3.25. The molecule has 2 heterocycles. The summed E-state index contributed by atoms with van der Waals surface area (Å²) in [6.45, 7) is 2.59. The lowest BCUT2D eigenvalue weighted by Gasteiger charge is -2.07. The van der Waals surface area contributed by atoms with Gasteiger partial charge in [-0.25, -0.2) is 4.98 Å². The van der Waals surface area contributed by atoms with E-state index >= 15 is 0 Å². The molecule has 0 spiro atoms. The highest BCUT2D eigenvalue weighted by Gasteiger charge is 2.03. The second kappa shape index (κ2) is 5.21. The van der Waals surface area contributed by atoms with E-state index in [0.717, 1.165) is 29.2 Å². The van der Waals surface area contributed by atoms with Gasteiger partial charge in [-0.2, -0.15) is 5.10 Å². The molecule has 0 aliphatic rings. The topological polar surface area (TPSA) is 55.9 Å². The third-order valence-corrected chi connectivity index (χ3v) is 3.20. The summed E-state index contributed by atoms with van der Waals surface area (Å²) < 4.78 is 7.08. The molecule has 5 heteroatoms. The average molecular weight is 268 g/mol. The van der Waals surface area contributed by atoms with E-state index in [1.807, 2.05) is 49.0 Å². The van der Waals surface area contributed by atoms with E-state index in [9.17, 15) is 0 Å². The van der Waals surface area contributed by atoms with Crippen molar-refractivity contribution in [2.75, 3.05) is 5.32 Å². The molecule has 0 unspecified atom stereocenters. The molecule has 2 aromatic heterocycles. The molecule has 0 bridgehead atoms. The Morgan fingerprint density at radius 3 is 2.60 bits per heavy atom. The van der Waals surface area contributed by atoms with Gasteiger partial charge in [0.15, 0.2) is 5.89 Å². The zero-order valence-corrected chi connectivity index (χ0v) is 11.5. The molecule has 5 nitrogen and oxygen atoms in total. The van der Waals surface area contributed by atoms with E-state index in [1.165, 1.54) is 0 Å². The van der Waals surface area contributed by atoms with Gasteiger partial charge in [0.05, 0.1) is 12.2 Å². The predicted octanol–water partition coefficient (Wildman–Crippen LogP) is 3.00. The highest BCUT2D eigenvalue weighted by molar-refractivity contribution is 5.61. The van der Waals surface area contributed by atoms with Crippen molar-refractivity contribution in [3.8, 4) is 11.3 Å². The molecule has 1 N–H and O–H groups in total. The molecule has 102 valence electrons. The molecule has 1 aromatic carbocycles. The van der Waals surface area contributed by atoms with Crippen molar-refractivity contribution in [1.82, 2.24) is 14.8 Å². The first-order valence-electron chi connectivity index (χ1n) is 6.46. The molecule has 0 atom stereocenters. The third-order valence-electron chi connectivity index (χ3n) is 3.20. The number of aromatic nitrogens is 3. The van der Waals surface area contributed by atoms with Crippen LogP contribution in [0.2, 0.25) is 0 Å². The van der Waals surface area contributed by atoms with Gasteiger partial charge in [-0.1, -0.05) is 12.1 Å². The predicted molar refractivity (Wildman–Crippen MR) is 77.2 cm³/mol. The second-order valence-electron chi connectivity index (χ2n) is 4.63. The first-order chi connectivity index (χ1) is 9.72. The van der Waals surface area contributed by atoms with E-state index in [-0.39, 0.29) is 0 Å². The van der Waals surface area contributed by atoms with Crippen LogP contribution in [0.4, 0.5) is 5.69 Å². The van der Waals surface area contributed by atoms with Crippen LogP contribution in [-0.4, -0.2) is 14.8 Å². The smallest absolute Gasteiger partial charge is 0.191 e. The molecule has 0 amide bonds. The Morgan fingerprint density at radius 2 is 2.00 bits per heavy atom. The normalized spacial score (nSPS) is 10.7. The molecule has 0 aliphatic carbocycles. The minimum absolute atomic E-state index is 0.679. The van der Waals surface area contributed by atoms with Crippen LogP contribution >= 0.6 is 0 Å². The average Bonchev–Trinajstić information content (AvgIpc) is 3.06. The molecule has 0 saturated carbocycles. The zero-order chi connectivity index (χ0) is 13.9. The van der Waals surface area contributed by atoms with Gasteiger partial charge in [-0.05, 0) is 18.2 Å². The Balaban J connectivity index is 1.69. The van der Waals surface area contributed by atoms with Crippen LogP contribution < -0.4 is 5.32 Å². The summed E-state index contributed by atoms with van der Waals surface area (Å²) in [6, 6.07) is 10.1. The van der Waals surface area contributed by atoms with Crippen LogP contribution in [0.25, 0.3) is 11.3 Å². The highest BCUT2D eigenvalue weighted by atomic mass is 16.3. The first-order valence-corrected chi connectivity index (χ1v) is 6.46. The fourth-order valence-corrected chi connectivity index (χ4v) is 2.02. The van der Waals surface area contributed by atoms with E-state index in [1.54, 1.807) is 12.5 Å². The minimum Gasteiger partial charge on any atom is -0.449 e. The molecule has 0 radical (unpaired) electrons. The second-order valence-corrected chi connectivity index (χ2v) is 4.63. The minimum atomic E-state index is 0.679. The standard InChI is InChI=1S/C15H16N4O/c1-11-18-15(10-20-11)12-3-5-13(6-4-12)16-9-14-7-8-17-19(14)2/h3-8,10,16H,9H2,1-2H3. The lowest BCUT2D eigenvalue weighted by molar-refractivity contribution is 0.521. The van der Waals surface area contributed by atoms with Crippen molar-refractivity contribution in [3.05, 3.63) is 54.4 Å². The molecular formula is C15H16N4O. The number of hydrogen-bond donors (Lipinski definition) is 1. The molecule has 20 heavy (non-hydrogen) atoms. The number of aryl methyl sites for hydroxylation is 2. The fourth-order valence-electron chi connectivity index (χ4n) is 2.02. The number of nitrogens with zero attached hydrogens (tertiary/aromatic N) is 3. The third kappa shape index (κ3) is 2.56. The number of anilines is 1. The van der Waals surface area contributed by atoms with Crippen molar-refractivity contribution >= 4 is 5.69 Å². The van der Waals surface area contributed by atoms with Gasteiger partial charge in [-0.15, -0.1) is 0 Å². The van der Waals surface area contributed by atoms with E-state index < -0.39 is 0 Å². The maximum Gasteiger partial charge on any atom is 0.191 e. The van der Waals surface area contributed by atoms with Crippen molar-refractivity contribution < 1.29 is 4.42 Å². The van der Waals surface area contributed by atoms with Crippen LogP contribution in [0.1, 0.15) is 11.6 Å². The molecular weight excluding hydrogens is 252 g/mol. The fraction of sp³-hybridized carbons (Fsp3) is 0.200. The van der Waals surface area contributed by atoms with E-state index in [0.29, 0.717) is 5.89 Å².